The molecule has 1 saturated heterocycles. The Balaban J connectivity index is 1.65. The maximum atomic E-state index is 12.1. The second kappa shape index (κ2) is 8.58. The highest BCUT2D eigenvalue weighted by atomic mass is 16.3. The van der Waals surface area contributed by atoms with Crippen LogP contribution in [0.15, 0.2) is 22.8 Å². The third kappa shape index (κ3) is 4.87. The number of carbonyl (C=O) groups excluding carboxylic acids is 2. The van der Waals surface area contributed by atoms with E-state index in [0.717, 1.165) is 39.0 Å². The fourth-order valence-electron chi connectivity index (χ4n) is 2.48. The molecule has 0 spiro atoms. The van der Waals surface area contributed by atoms with Crippen molar-refractivity contribution >= 4 is 11.8 Å². The average molecular weight is 307 g/mol. The van der Waals surface area contributed by atoms with E-state index < -0.39 is 0 Å². The number of carbonyl (C=O) groups is 2. The monoisotopic (exact) mass is 307 g/mol. The number of rotatable bonds is 7. The second-order valence-corrected chi connectivity index (χ2v) is 5.56. The summed E-state index contributed by atoms with van der Waals surface area (Å²) in [6.07, 6.45) is 4.15. The zero-order valence-corrected chi connectivity index (χ0v) is 13.2. The van der Waals surface area contributed by atoms with Crippen LogP contribution in [0.4, 0.5) is 0 Å². The highest BCUT2D eigenvalue weighted by Gasteiger charge is 2.23. The van der Waals surface area contributed by atoms with Gasteiger partial charge >= 0.3 is 0 Å². The minimum absolute atomic E-state index is 0.0537. The molecule has 2 heterocycles. The average Bonchev–Trinajstić information content (AvgIpc) is 3.07. The summed E-state index contributed by atoms with van der Waals surface area (Å²) < 4.78 is 5.14. The molecule has 6 nitrogen and oxygen atoms in total. The van der Waals surface area contributed by atoms with Crippen LogP contribution < -0.4 is 5.32 Å². The first-order valence-corrected chi connectivity index (χ1v) is 8.02. The van der Waals surface area contributed by atoms with Crippen molar-refractivity contribution in [3.63, 3.8) is 0 Å². The third-order valence-corrected chi connectivity index (χ3v) is 3.90. The lowest BCUT2D eigenvalue weighted by atomic mass is 10.2. The van der Waals surface area contributed by atoms with E-state index in [1.54, 1.807) is 17.0 Å². The van der Waals surface area contributed by atoms with Gasteiger partial charge in [0.15, 0.2) is 5.76 Å². The van der Waals surface area contributed by atoms with E-state index in [4.69, 9.17) is 4.42 Å². The molecule has 1 N–H and O–H groups in total. The van der Waals surface area contributed by atoms with Crippen molar-refractivity contribution in [2.24, 2.45) is 0 Å². The summed E-state index contributed by atoms with van der Waals surface area (Å²) in [4.78, 5) is 27.8. The summed E-state index contributed by atoms with van der Waals surface area (Å²) in [7, 11) is 0. The lowest BCUT2D eigenvalue weighted by molar-refractivity contribution is -0.121. The Hall–Kier alpha value is -1.82. The number of hydrogen-bond acceptors (Lipinski definition) is 4. The van der Waals surface area contributed by atoms with E-state index in [9.17, 15) is 9.59 Å². The Morgan fingerprint density at radius 1 is 1.27 bits per heavy atom. The molecule has 0 aromatic carbocycles. The molecule has 0 bridgehead atoms. The fourth-order valence-corrected chi connectivity index (χ4v) is 2.48. The van der Waals surface area contributed by atoms with Gasteiger partial charge in [0, 0.05) is 45.7 Å². The first kappa shape index (κ1) is 16.5. The summed E-state index contributed by atoms with van der Waals surface area (Å²) >= 11 is 0. The first-order chi connectivity index (χ1) is 10.7. The van der Waals surface area contributed by atoms with E-state index in [-0.39, 0.29) is 11.8 Å². The molecule has 2 amide bonds. The van der Waals surface area contributed by atoms with Crippen molar-refractivity contribution in [1.29, 1.82) is 0 Å². The normalized spacial score (nSPS) is 15.8. The molecular weight excluding hydrogens is 282 g/mol. The highest BCUT2D eigenvalue weighted by molar-refractivity contribution is 5.91. The molecule has 122 valence electrons. The Labute approximate surface area is 131 Å². The summed E-state index contributed by atoms with van der Waals surface area (Å²) in [5.41, 5.74) is 0. The maximum Gasteiger partial charge on any atom is 0.289 e. The van der Waals surface area contributed by atoms with Gasteiger partial charge in [0.05, 0.1) is 6.26 Å². The van der Waals surface area contributed by atoms with Crippen LogP contribution in [0.5, 0.6) is 0 Å². The second-order valence-electron chi connectivity index (χ2n) is 5.56. The van der Waals surface area contributed by atoms with Gasteiger partial charge in [-0.15, -0.1) is 0 Å². The van der Waals surface area contributed by atoms with Gasteiger partial charge in [-0.25, -0.2) is 0 Å². The van der Waals surface area contributed by atoms with E-state index in [2.05, 4.69) is 17.1 Å². The van der Waals surface area contributed by atoms with Crippen molar-refractivity contribution in [3.05, 3.63) is 24.2 Å². The minimum atomic E-state index is -0.0537. The van der Waals surface area contributed by atoms with E-state index >= 15 is 0 Å². The molecule has 22 heavy (non-hydrogen) atoms. The predicted molar refractivity (Wildman–Crippen MR) is 83.6 cm³/mol. The van der Waals surface area contributed by atoms with Gasteiger partial charge in [0.1, 0.15) is 0 Å². The molecule has 6 heteroatoms. The highest BCUT2D eigenvalue weighted by Crippen LogP contribution is 2.09. The number of nitrogens with one attached hydrogen (secondary N) is 1. The number of furan rings is 1. The Morgan fingerprint density at radius 2 is 2.05 bits per heavy atom. The summed E-state index contributed by atoms with van der Waals surface area (Å²) in [5.74, 6) is 0.452. The Morgan fingerprint density at radius 3 is 2.68 bits per heavy atom. The van der Waals surface area contributed by atoms with E-state index in [0.29, 0.717) is 25.3 Å². The Bertz CT molecular complexity index is 465. The Kier molecular flexibility index (Phi) is 6.45. The molecular formula is C16H25N3O3. The number of nitrogens with zero attached hydrogens (tertiary/aromatic N) is 2. The van der Waals surface area contributed by atoms with Crippen LogP contribution in [0.25, 0.3) is 0 Å². The van der Waals surface area contributed by atoms with Crippen molar-refractivity contribution in [3.8, 4) is 0 Å². The van der Waals surface area contributed by atoms with Crippen molar-refractivity contribution in [1.82, 2.24) is 15.1 Å². The molecule has 0 radical (unpaired) electrons. The van der Waals surface area contributed by atoms with Gasteiger partial charge in [0.2, 0.25) is 5.91 Å². The van der Waals surface area contributed by atoms with Crippen LogP contribution in [0.2, 0.25) is 0 Å². The molecule has 0 saturated carbocycles. The fraction of sp³-hybridized carbons (Fsp3) is 0.625. The summed E-state index contributed by atoms with van der Waals surface area (Å²) in [5, 5.41) is 2.93. The van der Waals surface area contributed by atoms with Crippen LogP contribution in [-0.2, 0) is 4.79 Å². The van der Waals surface area contributed by atoms with Gasteiger partial charge in [-0.3, -0.25) is 14.5 Å². The lowest BCUT2D eigenvalue weighted by Gasteiger charge is -2.34. The van der Waals surface area contributed by atoms with Crippen LogP contribution in [0.3, 0.4) is 0 Å². The lowest BCUT2D eigenvalue weighted by Crippen LogP contribution is -2.49. The van der Waals surface area contributed by atoms with Crippen LogP contribution >= 0.6 is 0 Å². The molecule has 0 atom stereocenters. The largest absolute Gasteiger partial charge is 0.459 e. The molecule has 1 aliphatic heterocycles. The number of amides is 2. The topological polar surface area (TPSA) is 65.8 Å². The molecule has 1 aliphatic rings. The summed E-state index contributed by atoms with van der Waals surface area (Å²) in [6, 6.07) is 3.41. The number of unbranched alkanes of at least 4 members (excludes halogenated alkanes) is 1. The van der Waals surface area contributed by atoms with Crippen LogP contribution in [-0.4, -0.2) is 60.9 Å². The zero-order chi connectivity index (χ0) is 15.8. The van der Waals surface area contributed by atoms with E-state index in [1.807, 2.05) is 0 Å². The van der Waals surface area contributed by atoms with Crippen molar-refractivity contribution < 1.29 is 14.0 Å². The van der Waals surface area contributed by atoms with Gasteiger partial charge < -0.3 is 14.6 Å². The molecule has 1 fully saturated rings. The quantitative estimate of drug-likeness (QED) is 0.772. The molecule has 0 unspecified atom stereocenters. The minimum Gasteiger partial charge on any atom is -0.459 e. The zero-order valence-electron chi connectivity index (χ0n) is 13.2. The standard InChI is InChI=1S/C16H25N3O3/c1-2-3-7-17-15(20)6-8-18-9-11-19(12-10-18)16(21)14-5-4-13-22-14/h4-5,13H,2-3,6-12H2,1H3,(H,17,20). The molecule has 1 aromatic rings. The molecule has 2 rings (SSSR count). The van der Waals surface area contributed by atoms with Crippen LogP contribution in [0.1, 0.15) is 36.7 Å². The van der Waals surface area contributed by atoms with Crippen molar-refractivity contribution in [2.45, 2.75) is 26.2 Å². The van der Waals surface area contributed by atoms with Gasteiger partial charge in [-0.05, 0) is 18.6 Å². The van der Waals surface area contributed by atoms with Crippen molar-refractivity contribution in [2.75, 3.05) is 39.3 Å². The SMILES string of the molecule is CCCCNC(=O)CCN1CCN(C(=O)c2ccco2)CC1. The van der Waals surface area contributed by atoms with Gasteiger partial charge in [-0.1, -0.05) is 13.3 Å². The molecule has 1 aromatic heterocycles. The number of hydrogen-bond donors (Lipinski definition) is 1. The first-order valence-electron chi connectivity index (χ1n) is 8.02. The molecule has 0 aliphatic carbocycles. The predicted octanol–water partition coefficient (Wildman–Crippen LogP) is 1.34. The number of piperazine rings is 1. The maximum absolute atomic E-state index is 12.1. The van der Waals surface area contributed by atoms with Gasteiger partial charge in [-0.2, -0.15) is 0 Å². The van der Waals surface area contributed by atoms with Crippen LogP contribution in [0, 0.1) is 0 Å². The van der Waals surface area contributed by atoms with Gasteiger partial charge in [0.25, 0.3) is 5.91 Å². The third-order valence-electron chi connectivity index (χ3n) is 3.90. The van der Waals surface area contributed by atoms with E-state index in [1.165, 1.54) is 6.26 Å². The summed E-state index contributed by atoms with van der Waals surface area (Å²) in [6.45, 7) is 6.58. The smallest absolute Gasteiger partial charge is 0.289 e.